The van der Waals surface area contributed by atoms with Crippen molar-refractivity contribution in [1.29, 1.82) is 5.26 Å². The minimum atomic E-state index is 0.591. The lowest BCUT2D eigenvalue weighted by Crippen LogP contribution is -2.35. The van der Waals surface area contributed by atoms with E-state index in [-0.39, 0.29) is 0 Å². The first-order chi connectivity index (χ1) is 14.2. The van der Waals surface area contributed by atoms with Crippen molar-refractivity contribution < 1.29 is 4.68 Å². The van der Waals surface area contributed by atoms with Gasteiger partial charge in [0, 0.05) is 35.3 Å². The minimum Gasteiger partial charge on any atom is -0.352 e. The molecule has 29 heavy (non-hydrogen) atoms. The van der Waals surface area contributed by atoms with Crippen LogP contribution in [0.1, 0.15) is 24.0 Å². The number of rotatable bonds is 6. The summed E-state index contributed by atoms with van der Waals surface area (Å²) in [6.45, 7) is 2.69. The molecule has 7 nitrogen and oxygen atoms in total. The molecule has 1 saturated heterocycles. The Morgan fingerprint density at radius 2 is 2.10 bits per heavy atom. The zero-order chi connectivity index (χ0) is 20.2. The number of nitrogens with zero attached hydrogens (tertiary/aromatic N) is 6. The Labute approximate surface area is 174 Å². The van der Waals surface area contributed by atoms with Crippen LogP contribution in [-0.4, -0.2) is 34.5 Å². The van der Waals surface area contributed by atoms with Crippen molar-refractivity contribution in [2.45, 2.75) is 29.1 Å². The summed E-state index contributed by atoms with van der Waals surface area (Å²) in [5, 5.41) is 18.5. The fourth-order valence-electron chi connectivity index (χ4n) is 3.49. The molecule has 0 radical (unpaired) electrons. The number of nitriles is 1. The Morgan fingerprint density at radius 1 is 1.28 bits per heavy atom. The lowest BCUT2D eigenvalue weighted by molar-refractivity contribution is -0.731. The number of benzene rings is 1. The summed E-state index contributed by atoms with van der Waals surface area (Å²) in [5.41, 5.74) is 8.34. The first kappa shape index (κ1) is 19.4. The molecule has 1 aliphatic rings. The van der Waals surface area contributed by atoms with E-state index in [4.69, 9.17) is 5.73 Å². The number of aromatic nitrogens is 4. The third-order valence-corrected chi connectivity index (χ3v) is 5.91. The summed E-state index contributed by atoms with van der Waals surface area (Å²) in [6, 6.07) is 10.1. The van der Waals surface area contributed by atoms with E-state index in [1.54, 1.807) is 11.8 Å². The van der Waals surface area contributed by atoms with E-state index in [9.17, 15) is 5.26 Å². The highest BCUT2D eigenvalue weighted by atomic mass is 32.2. The van der Waals surface area contributed by atoms with E-state index in [2.05, 4.69) is 27.2 Å². The number of hydrogen-bond donors (Lipinski definition) is 1. The Kier molecular flexibility index (Phi) is 5.79. The molecule has 0 atom stereocenters. The molecule has 2 aromatic heterocycles. The van der Waals surface area contributed by atoms with E-state index in [1.165, 1.54) is 12.8 Å². The van der Waals surface area contributed by atoms with Crippen LogP contribution < -0.4 is 15.3 Å². The van der Waals surface area contributed by atoms with E-state index in [1.807, 2.05) is 53.2 Å². The quantitative estimate of drug-likeness (QED) is 0.632. The molecule has 8 heteroatoms. The van der Waals surface area contributed by atoms with Gasteiger partial charge in [0.2, 0.25) is 6.20 Å². The second-order valence-electron chi connectivity index (χ2n) is 7.13. The number of nitrogens with two attached hydrogens (primary N) is 1. The number of hydrogen-bond acceptors (Lipinski definition) is 6. The van der Waals surface area contributed by atoms with Crippen molar-refractivity contribution in [3.8, 4) is 11.8 Å². The highest BCUT2D eigenvalue weighted by molar-refractivity contribution is 7.99. The fourth-order valence-corrected chi connectivity index (χ4v) is 4.57. The van der Waals surface area contributed by atoms with Crippen molar-refractivity contribution in [3.05, 3.63) is 54.0 Å². The van der Waals surface area contributed by atoms with Gasteiger partial charge in [0.05, 0.1) is 28.4 Å². The van der Waals surface area contributed by atoms with Gasteiger partial charge in [-0.2, -0.15) is 10.4 Å². The van der Waals surface area contributed by atoms with Crippen LogP contribution in [0.2, 0.25) is 0 Å². The SMILES string of the molecule is C[n+]1cc(Sc2cc(C#N)ccc2-n2cc(CCN)cn2)cc(N2CCCC2)n1. The predicted molar refractivity (Wildman–Crippen MR) is 112 cm³/mol. The second-order valence-corrected chi connectivity index (χ2v) is 8.25. The summed E-state index contributed by atoms with van der Waals surface area (Å²) in [4.78, 5) is 4.38. The summed E-state index contributed by atoms with van der Waals surface area (Å²) >= 11 is 1.62. The number of aryl methyl sites for hydroxylation is 1. The van der Waals surface area contributed by atoms with E-state index < -0.39 is 0 Å². The average molecular weight is 407 g/mol. The van der Waals surface area contributed by atoms with Gasteiger partial charge in [-0.05, 0) is 49.6 Å². The van der Waals surface area contributed by atoms with Gasteiger partial charge >= 0.3 is 0 Å². The summed E-state index contributed by atoms with van der Waals surface area (Å²) in [7, 11) is 1.95. The molecular weight excluding hydrogens is 382 g/mol. The van der Waals surface area contributed by atoms with Crippen molar-refractivity contribution in [1.82, 2.24) is 14.9 Å². The molecule has 4 rings (SSSR count). The van der Waals surface area contributed by atoms with Crippen LogP contribution in [0.15, 0.2) is 52.6 Å². The van der Waals surface area contributed by atoms with Gasteiger partial charge in [-0.1, -0.05) is 16.4 Å². The molecule has 0 amide bonds. The molecule has 3 heterocycles. The molecule has 148 valence electrons. The van der Waals surface area contributed by atoms with Crippen molar-refractivity contribution in [2.24, 2.45) is 12.8 Å². The Bertz CT molecular complexity index is 1050. The van der Waals surface area contributed by atoms with Gasteiger partial charge in [-0.25, -0.2) is 4.68 Å². The normalized spacial score (nSPS) is 13.6. The summed E-state index contributed by atoms with van der Waals surface area (Å²) in [5.74, 6) is 0.998. The Morgan fingerprint density at radius 3 is 2.86 bits per heavy atom. The van der Waals surface area contributed by atoms with E-state index >= 15 is 0 Å². The van der Waals surface area contributed by atoms with E-state index in [0.29, 0.717) is 12.1 Å². The third-order valence-electron chi connectivity index (χ3n) is 4.91. The van der Waals surface area contributed by atoms with Crippen molar-refractivity contribution in [2.75, 3.05) is 24.5 Å². The Balaban J connectivity index is 1.69. The molecule has 1 fully saturated rings. The van der Waals surface area contributed by atoms with Crippen LogP contribution in [0.25, 0.3) is 5.69 Å². The first-order valence-electron chi connectivity index (χ1n) is 9.75. The van der Waals surface area contributed by atoms with Crippen molar-refractivity contribution in [3.63, 3.8) is 0 Å². The smallest absolute Gasteiger partial charge is 0.210 e. The topological polar surface area (TPSA) is 87.6 Å². The maximum Gasteiger partial charge on any atom is 0.210 e. The molecule has 0 bridgehead atoms. The standard InChI is InChI=1S/C21H24N7S/c1-26-15-18(11-21(25-26)27-8-2-3-9-27)29-20-10-16(12-23)4-5-19(20)28-14-17(6-7-22)13-24-28/h4-5,10-11,13-15H,2-3,6-9,22H2,1H3/q+1. The zero-order valence-electron chi connectivity index (χ0n) is 16.5. The molecule has 0 aliphatic carbocycles. The molecule has 3 aromatic rings. The van der Waals surface area contributed by atoms with Gasteiger partial charge in [0.1, 0.15) is 0 Å². The van der Waals surface area contributed by atoms with Crippen LogP contribution >= 0.6 is 11.8 Å². The fraction of sp³-hybridized carbons (Fsp3) is 0.333. The molecule has 2 N–H and O–H groups in total. The lowest BCUT2D eigenvalue weighted by Gasteiger charge is -2.15. The van der Waals surface area contributed by atoms with E-state index in [0.717, 1.165) is 46.4 Å². The van der Waals surface area contributed by atoms with Gasteiger partial charge in [0.15, 0.2) is 12.9 Å². The number of anilines is 1. The maximum atomic E-state index is 9.38. The highest BCUT2D eigenvalue weighted by Gasteiger charge is 2.19. The monoisotopic (exact) mass is 406 g/mol. The first-order valence-corrected chi connectivity index (χ1v) is 10.6. The molecule has 1 aromatic carbocycles. The predicted octanol–water partition coefficient (Wildman–Crippen LogP) is 2.22. The highest BCUT2D eigenvalue weighted by Crippen LogP contribution is 2.34. The maximum absolute atomic E-state index is 9.38. The zero-order valence-corrected chi connectivity index (χ0v) is 17.3. The minimum absolute atomic E-state index is 0.591. The van der Waals surface area contributed by atoms with Crippen LogP contribution in [-0.2, 0) is 13.5 Å². The van der Waals surface area contributed by atoms with Crippen LogP contribution in [0.5, 0.6) is 0 Å². The van der Waals surface area contributed by atoms with Gasteiger partial charge in [-0.15, -0.1) is 0 Å². The van der Waals surface area contributed by atoms with Crippen LogP contribution in [0.4, 0.5) is 5.82 Å². The lowest BCUT2D eigenvalue weighted by atomic mass is 10.2. The van der Waals surface area contributed by atoms with Gasteiger partial charge in [0.25, 0.3) is 0 Å². The second kappa shape index (κ2) is 8.64. The third kappa shape index (κ3) is 4.42. The van der Waals surface area contributed by atoms with Gasteiger partial charge in [-0.3, -0.25) is 0 Å². The van der Waals surface area contributed by atoms with Crippen LogP contribution in [0, 0.1) is 11.3 Å². The summed E-state index contributed by atoms with van der Waals surface area (Å²) in [6.07, 6.45) is 9.06. The van der Waals surface area contributed by atoms with Gasteiger partial charge < -0.3 is 10.6 Å². The molecule has 0 saturated carbocycles. The Hall–Kier alpha value is -2.89. The average Bonchev–Trinajstić information content (AvgIpc) is 3.40. The summed E-state index contributed by atoms with van der Waals surface area (Å²) < 4.78 is 3.72. The molecule has 1 aliphatic heterocycles. The van der Waals surface area contributed by atoms with Crippen molar-refractivity contribution >= 4 is 17.6 Å². The molecule has 0 unspecified atom stereocenters. The van der Waals surface area contributed by atoms with Crippen LogP contribution in [0.3, 0.4) is 0 Å². The molecule has 0 spiro atoms. The largest absolute Gasteiger partial charge is 0.352 e. The molecular formula is C21H24N7S+.